The maximum Gasteiger partial charge on any atom is 0.278 e. The van der Waals surface area contributed by atoms with E-state index >= 15 is 0 Å². The van der Waals surface area contributed by atoms with Crippen LogP contribution in [-0.4, -0.2) is 11.1 Å². The highest BCUT2D eigenvalue weighted by Crippen LogP contribution is 2.38. The van der Waals surface area contributed by atoms with Crippen LogP contribution in [0.2, 0.25) is 5.02 Å². The van der Waals surface area contributed by atoms with E-state index < -0.39 is 11.7 Å². The van der Waals surface area contributed by atoms with Gasteiger partial charge in [-0.1, -0.05) is 28.9 Å². The second kappa shape index (κ2) is 5.65. The summed E-state index contributed by atoms with van der Waals surface area (Å²) in [7, 11) is 0. The van der Waals surface area contributed by atoms with Crippen LogP contribution in [0.25, 0.3) is 11.3 Å². The van der Waals surface area contributed by atoms with Gasteiger partial charge in [-0.25, -0.2) is 4.39 Å². The molecule has 2 heterocycles. The van der Waals surface area contributed by atoms with Crippen LogP contribution < -0.4 is 10.1 Å². The Balaban J connectivity index is 1.67. The Morgan fingerprint density at radius 2 is 2.08 bits per heavy atom. The lowest BCUT2D eigenvalue weighted by molar-refractivity contribution is 0.101. The van der Waals surface area contributed by atoms with Gasteiger partial charge in [0.25, 0.3) is 5.91 Å². The minimum absolute atomic E-state index is 0.0994. The number of carbonyl (C=O) groups excluding carboxylic acids is 1. The van der Waals surface area contributed by atoms with Crippen molar-refractivity contribution >= 4 is 23.2 Å². The number of carbonyl (C=O) groups is 1. The van der Waals surface area contributed by atoms with Crippen molar-refractivity contribution in [1.29, 1.82) is 0 Å². The summed E-state index contributed by atoms with van der Waals surface area (Å²) in [6.07, 6.45) is 0. The fraction of sp³-hybridized carbons (Fsp3) is 0.0588. The standard InChI is InChI=1S/C17H10ClFN2O3/c18-12-7-9(19)5-6-13(12)20-17(22)15-11-8-23-14-4-2-1-3-10(14)16(11)24-21-15/h1-7H,8H2,(H,20,22). The first-order valence-electron chi connectivity index (χ1n) is 7.10. The van der Waals surface area contributed by atoms with Crippen molar-refractivity contribution in [3.63, 3.8) is 0 Å². The summed E-state index contributed by atoms with van der Waals surface area (Å²) in [6, 6.07) is 11.1. The van der Waals surface area contributed by atoms with Gasteiger partial charge < -0.3 is 14.6 Å². The lowest BCUT2D eigenvalue weighted by Gasteiger charge is -2.15. The molecule has 4 rings (SSSR count). The molecule has 0 saturated carbocycles. The summed E-state index contributed by atoms with van der Waals surface area (Å²) in [5.41, 5.74) is 1.70. The van der Waals surface area contributed by atoms with E-state index in [0.29, 0.717) is 17.1 Å². The van der Waals surface area contributed by atoms with Gasteiger partial charge in [-0.15, -0.1) is 0 Å². The maximum absolute atomic E-state index is 13.1. The topological polar surface area (TPSA) is 64.4 Å². The number of rotatable bonds is 2. The van der Waals surface area contributed by atoms with E-state index in [1.165, 1.54) is 12.1 Å². The molecule has 1 aromatic heterocycles. The number of para-hydroxylation sites is 1. The fourth-order valence-corrected chi connectivity index (χ4v) is 2.75. The Morgan fingerprint density at radius 1 is 1.25 bits per heavy atom. The van der Waals surface area contributed by atoms with Crippen LogP contribution in [0.5, 0.6) is 5.75 Å². The van der Waals surface area contributed by atoms with Crippen LogP contribution in [0, 0.1) is 5.82 Å². The molecule has 1 aliphatic heterocycles. The molecular weight excluding hydrogens is 335 g/mol. The summed E-state index contributed by atoms with van der Waals surface area (Å²) in [5.74, 6) is 0.195. The number of nitrogens with one attached hydrogen (secondary N) is 1. The van der Waals surface area contributed by atoms with Crippen molar-refractivity contribution in [3.8, 4) is 17.1 Å². The van der Waals surface area contributed by atoms with Crippen molar-refractivity contribution in [2.45, 2.75) is 6.61 Å². The van der Waals surface area contributed by atoms with Crippen LogP contribution in [-0.2, 0) is 6.61 Å². The number of anilines is 1. The fourth-order valence-electron chi connectivity index (χ4n) is 2.54. The third-order valence-corrected chi connectivity index (χ3v) is 4.00. The molecule has 0 bridgehead atoms. The van der Waals surface area contributed by atoms with Gasteiger partial charge in [0, 0.05) is 0 Å². The van der Waals surface area contributed by atoms with Gasteiger partial charge in [0.1, 0.15) is 18.2 Å². The lowest BCUT2D eigenvalue weighted by Crippen LogP contribution is -2.16. The van der Waals surface area contributed by atoms with Crippen molar-refractivity contribution in [1.82, 2.24) is 5.16 Å². The summed E-state index contributed by atoms with van der Waals surface area (Å²) in [5, 5.41) is 6.55. The molecule has 0 spiro atoms. The highest BCUT2D eigenvalue weighted by molar-refractivity contribution is 6.33. The predicted octanol–water partition coefficient (Wildman–Crippen LogP) is 4.28. The summed E-state index contributed by atoms with van der Waals surface area (Å²) >= 11 is 5.92. The monoisotopic (exact) mass is 344 g/mol. The van der Waals surface area contributed by atoms with Gasteiger partial charge in [-0.3, -0.25) is 4.79 Å². The lowest BCUT2D eigenvalue weighted by atomic mass is 10.0. The first-order chi connectivity index (χ1) is 11.6. The van der Waals surface area contributed by atoms with E-state index in [-0.39, 0.29) is 23.0 Å². The van der Waals surface area contributed by atoms with Crippen LogP contribution in [0.1, 0.15) is 16.1 Å². The number of hydrogen-bond acceptors (Lipinski definition) is 4. The van der Waals surface area contributed by atoms with E-state index in [9.17, 15) is 9.18 Å². The molecule has 120 valence electrons. The minimum atomic E-state index is -0.503. The van der Waals surface area contributed by atoms with E-state index in [0.717, 1.165) is 11.6 Å². The summed E-state index contributed by atoms with van der Waals surface area (Å²) < 4.78 is 24.1. The average molecular weight is 345 g/mol. The molecule has 1 N–H and O–H groups in total. The second-order valence-corrected chi connectivity index (χ2v) is 5.61. The van der Waals surface area contributed by atoms with Gasteiger partial charge in [-0.05, 0) is 30.3 Å². The Hall–Kier alpha value is -2.86. The summed E-state index contributed by atoms with van der Waals surface area (Å²) in [6.45, 7) is 0.176. The van der Waals surface area contributed by atoms with E-state index in [1.54, 1.807) is 0 Å². The largest absolute Gasteiger partial charge is 0.488 e. The van der Waals surface area contributed by atoms with Gasteiger partial charge in [0.15, 0.2) is 11.5 Å². The molecule has 1 amide bonds. The Morgan fingerprint density at radius 3 is 2.92 bits per heavy atom. The van der Waals surface area contributed by atoms with Crippen molar-refractivity contribution in [3.05, 3.63) is 64.6 Å². The molecule has 0 radical (unpaired) electrons. The van der Waals surface area contributed by atoms with Gasteiger partial charge >= 0.3 is 0 Å². The molecule has 5 nitrogen and oxygen atoms in total. The zero-order chi connectivity index (χ0) is 16.7. The molecule has 0 unspecified atom stereocenters. The average Bonchev–Trinajstić information content (AvgIpc) is 3.02. The molecule has 0 saturated heterocycles. The van der Waals surface area contributed by atoms with Gasteiger partial charge in [0.05, 0.1) is 21.8 Å². The third-order valence-electron chi connectivity index (χ3n) is 3.69. The number of amides is 1. The van der Waals surface area contributed by atoms with Crippen LogP contribution in [0.4, 0.5) is 10.1 Å². The molecule has 1 aliphatic rings. The zero-order valence-electron chi connectivity index (χ0n) is 12.2. The molecule has 0 fully saturated rings. The normalized spacial score (nSPS) is 12.1. The number of halogens is 2. The number of nitrogens with zero attached hydrogens (tertiary/aromatic N) is 1. The number of ether oxygens (including phenoxy) is 1. The van der Waals surface area contributed by atoms with Crippen LogP contribution in [0.15, 0.2) is 47.0 Å². The van der Waals surface area contributed by atoms with E-state index in [4.69, 9.17) is 20.9 Å². The number of hydrogen-bond donors (Lipinski definition) is 1. The number of aromatic nitrogens is 1. The van der Waals surface area contributed by atoms with E-state index in [2.05, 4.69) is 10.5 Å². The minimum Gasteiger partial charge on any atom is -0.488 e. The second-order valence-electron chi connectivity index (χ2n) is 5.20. The van der Waals surface area contributed by atoms with Crippen molar-refractivity contribution < 1.29 is 18.4 Å². The number of benzene rings is 2. The van der Waals surface area contributed by atoms with E-state index in [1.807, 2.05) is 24.3 Å². The predicted molar refractivity (Wildman–Crippen MR) is 85.6 cm³/mol. The van der Waals surface area contributed by atoms with Crippen molar-refractivity contribution in [2.24, 2.45) is 0 Å². The Labute approximate surface area is 141 Å². The molecule has 3 aromatic rings. The third kappa shape index (κ3) is 2.41. The quantitative estimate of drug-likeness (QED) is 0.753. The summed E-state index contributed by atoms with van der Waals surface area (Å²) in [4.78, 5) is 12.5. The highest BCUT2D eigenvalue weighted by Gasteiger charge is 2.28. The smallest absolute Gasteiger partial charge is 0.278 e. The first kappa shape index (κ1) is 14.7. The Bertz CT molecular complexity index is 955. The molecule has 24 heavy (non-hydrogen) atoms. The first-order valence-corrected chi connectivity index (χ1v) is 7.48. The Kier molecular flexibility index (Phi) is 3.46. The SMILES string of the molecule is O=C(Nc1ccc(F)cc1Cl)c1noc2c1COc1ccccc1-2. The molecule has 0 aliphatic carbocycles. The molecule has 7 heteroatoms. The highest BCUT2D eigenvalue weighted by atomic mass is 35.5. The van der Waals surface area contributed by atoms with Crippen LogP contribution in [0.3, 0.4) is 0 Å². The molecule has 2 aromatic carbocycles. The molecular formula is C17H10ClFN2O3. The van der Waals surface area contributed by atoms with Crippen molar-refractivity contribution in [2.75, 3.05) is 5.32 Å². The van der Waals surface area contributed by atoms with Crippen LogP contribution >= 0.6 is 11.6 Å². The zero-order valence-corrected chi connectivity index (χ0v) is 12.9. The maximum atomic E-state index is 13.1. The van der Waals surface area contributed by atoms with Gasteiger partial charge in [0.2, 0.25) is 0 Å². The number of fused-ring (bicyclic) bond motifs is 3. The molecule has 0 atom stereocenters. The van der Waals surface area contributed by atoms with Gasteiger partial charge in [-0.2, -0.15) is 0 Å².